The van der Waals surface area contributed by atoms with Gasteiger partial charge in [-0.15, -0.1) is 5.10 Å². The number of pyridine rings is 1. The zero-order valence-corrected chi connectivity index (χ0v) is 14.6. The fourth-order valence-electron chi connectivity index (χ4n) is 2.91. The van der Waals surface area contributed by atoms with E-state index in [2.05, 4.69) is 55.8 Å². The van der Waals surface area contributed by atoms with Gasteiger partial charge in [0, 0.05) is 29.9 Å². The molecule has 0 atom stereocenters. The largest absolute Gasteiger partial charge is 0.353 e. The first-order valence-electron chi connectivity index (χ1n) is 8.63. The molecular formula is C21H19N5. The zero-order valence-electron chi connectivity index (χ0n) is 14.6. The Morgan fingerprint density at radius 2 is 1.77 bits per heavy atom. The summed E-state index contributed by atoms with van der Waals surface area (Å²) < 4.78 is 0. The lowest BCUT2D eigenvalue weighted by atomic mass is 10.1. The maximum Gasteiger partial charge on any atom is 0.243 e. The predicted molar refractivity (Wildman–Crippen MR) is 104 cm³/mol. The van der Waals surface area contributed by atoms with Crippen molar-refractivity contribution in [2.24, 2.45) is 0 Å². The van der Waals surface area contributed by atoms with E-state index < -0.39 is 0 Å². The number of fused-ring (bicyclic) bond motifs is 1. The van der Waals surface area contributed by atoms with Crippen LogP contribution in [0, 0.1) is 6.92 Å². The molecule has 0 saturated carbocycles. The number of aryl methyl sites for hydroxylation is 1. The monoisotopic (exact) mass is 341 g/mol. The van der Waals surface area contributed by atoms with Crippen molar-refractivity contribution >= 4 is 16.7 Å². The van der Waals surface area contributed by atoms with Crippen LogP contribution in [-0.2, 0) is 6.42 Å². The molecule has 26 heavy (non-hydrogen) atoms. The van der Waals surface area contributed by atoms with Crippen molar-refractivity contribution in [1.82, 2.24) is 20.2 Å². The highest BCUT2D eigenvalue weighted by atomic mass is 15.2. The maximum absolute atomic E-state index is 4.59. The lowest BCUT2D eigenvalue weighted by Gasteiger charge is -2.07. The number of hydrogen-bond donors (Lipinski definition) is 1. The first-order chi connectivity index (χ1) is 12.8. The standard InChI is InChI=1S/C21H19N5/c1-15-5-4-8-19(24-15)11-12-22-21-25-20(14-23-26-21)18-10-9-16-6-2-3-7-17(16)13-18/h2-10,13-14H,11-12H2,1H3,(H,22,25,26). The summed E-state index contributed by atoms with van der Waals surface area (Å²) >= 11 is 0. The summed E-state index contributed by atoms with van der Waals surface area (Å²) in [5.41, 5.74) is 3.92. The second-order valence-corrected chi connectivity index (χ2v) is 6.17. The summed E-state index contributed by atoms with van der Waals surface area (Å²) in [6.07, 6.45) is 2.50. The van der Waals surface area contributed by atoms with Crippen LogP contribution in [0.3, 0.4) is 0 Å². The van der Waals surface area contributed by atoms with Crippen molar-refractivity contribution in [3.8, 4) is 11.3 Å². The van der Waals surface area contributed by atoms with E-state index in [1.807, 2.05) is 37.3 Å². The number of aromatic nitrogens is 4. The average molecular weight is 341 g/mol. The molecule has 0 amide bonds. The minimum atomic E-state index is 0.531. The molecule has 0 fully saturated rings. The van der Waals surface area contributed by atoms with Gasteiger partial charge in [0.2, 0.25) is 5.95 Å². The molecule has 1 N–H and O–H groups in total. The van der Waals surface area contributed by atoms with E-state index in [9.17, 15) is 0 Å². The van der Waals surface area contributed by atoms with Crippen LogP contribution in [0.1, 0.15) is 11.4 Å². The van der Waals surface area contributed by atoms with Crippen LogP contribution in [0.2, 0.25) is 0 Å². The molecule has 2 aromatic heterocycles. The molecule has 0 saturated heterocycles. The molecule has 0 bridgehead atoms. The predicted octanol–water partition coefficient (Wildman–Crippen LogP) is 4.05. The molecule has 0 spiro atoms. The van der Waals surface area contributed by atoms with Gasteiger partial charge in [-0.2, -0.15) is 5.10 Å². The third kappa shape index (κ3) is 3.67. The van der Waals surface area contributed by atoms with E-state index >= 15 is 0 Å². The van der Waals surface area contributed by atoms with Crippen LogP contribution in [-0.4, -0.2) is 26.7 Å². The van der Waals surface area contributed by atoms with Gasteiger partial charge in [-0.1, -0.05) is 42.5 Å². The summed E-state index contributed by atoms with van der Waals surface area (Å²) in [5, 5.41) is 13.8. The summed E-state index contributed by atoms with van der Waals surface area (Å²) in [6.45, 7) is 2.70. The Hall–Kier alpha value is -3.34. The summed E-state index contributed by atoms with van der Waals surface area (Å²) in [6, 6.07) is 20.6. The lowest BCUT2D eigenvalue weighted by Crippen LogP contribution is -2.10. The fourth-order valence-corrected chi connectivity index (χ4v) is 2.91. The molecule has 2 aromatic carbocycles. The summed E-state index contributed by atoms with van der Waals surface area (Å²) in [7, 11) is 0. The van der Waals surface area contributed by atoms with Crippen LogP contribution in [0.15, 0.2) is 66.9 Å². The molecule has 4 rings (SSSR count). The average Bonchev–Trinajstić information content (AvgIpc) is 2.68. The zero-order chi connectivity index (χ0) is 17.8. The highest BCUT2D eigenvalue weighted by Gasteiger charge is 2.05. The van der Waals surface area contributed by atoms with Crippen LogP contribution < -0.4 is 5.32 Å². The van der Waals surface area contributed by atoms with E-state index in [0.717, 1.165) is 29.1 Å². The molecule has 4 aromatic rings. The van der Waals surface area contributed by atoms with Gasteiger partial charge in [0.1, 0.15) is 0 Å². The Morgan fingerprint density at radius 1 is 0.885 bits per heavy atom. The number of rotatable bonds is 5. The summed E-state index contributed by atoms with van der Waals surface area (Å²) in [5.74, 6) is 0.531. The third-order valence-electron chi connectivity index (χ3n) is 4.21. The topological polar surface area (TPSA) is 63.6 Å². The van der Waals surface area contributed by atoms with Gasteiger partial charge in [0.05, 0.1) is 11.9 Å². The maximum atomic E-state index is 4.59. The Kier molecular flexibility index (Phi) is 4.51. The van der Waals surface area contributed by atoms with E-state index in [-0.39, 0.29) is 0 Å². The van der Waals surface area contributed by atoms with Crippen molar-refractivity contribution in [2.75, 3.05) is 11.9 Å². The van der Waals surface area contributed by atoms with Crippen LogP contribution in [0.4, 0.5) is 5.95 Å². The highest BCUT2D eigenvalue weighted by molar-refractivity contribution is 5.86. The van der Waals surface area contributed by atoms with Crippen LogP contribution in [0.25, 0.3) is 22.0 Å². The molecule has 0 aliphatic rings. The van der Waals surface area contributed by atoms with Crippen molar-refractivity contribution < 1.29 is 0 Å². The van der Waals surface area contributed by atoms with E-state index in [4.69, 9.17) is 0 Å². The molecule has 5 heteroatoms. The highest BCUT2D eigenvalue weighted by Crippen LogP contribution is 2.22. The van der Waals surface area contributed by atoms with Crippen molar-refractivity contribution in [3.63, 3.8) is 0 Å². The number of anilines is 1. The molecule has 0 radical (unpaired) electrons. The van der Waals surface area contributed by atoms with Crippen molar-refractivity contribution in [3.05, 3.63) is 78.2 Å². The molecule has 0 aliphatic heterocycles. The number of benzene rings is 2. The van der Waals surface area contributed by atoms with Gasteiger partial charge in [-0.3, -0.25) is 4.98 Å². The Morgan fingerprint density at radius 3 is 2.65 bits per heavy atom. The summed E-state index contributed by atoms with van der Waals surface area (Å²) in [4.78, 5) is 9.10. The smallest absolute Gasteiger partial charge is 0.243 e. The first-order valence-corrected chi connectivity index (χ1v) is 8.63. The third-order valence-corrected chi connectivity index (χ3v) is 4.21. The van der Waals surface area contributed by atoms with Crippen LogP contribution in [0.5, 0.6) is 0 Å². The molecule has 2 heterocycles. The van der Waals surface area contributed by atoms with Crippen LogP contribution >= 0.6 is 0 Å². The molecule has 0 unspecified atom stereocenters. The van der Waals surface area contributed by atoms with Gasteiger partial charge < -0.3 is 5.32 Å². The fraction of sp³-hybridized carbons (Fsp3) is 0.143. The number of nitrogens with zero attached hydrogens (tertiary/aromatic N) is 4. The minimum absolute atomic E-state index is 0.531. The second-order valence-electron chi connectivity index (χ2n) is 6.17. The Labute approximate surface area is 152 Å². The van der Waals surface area contributed by atoms with E-state index in [0.29, 0.717) is 12.5 Å². The molecular weight excluding hydrogens is 322 g/mol. The van der Waals surface area contributed by atoms with Gasteiger partial charge in [-0.25, -0.2) is 4.98 Å². The lowest BCUT2D eigenvalue weighted by molar-refractivity contribution is 0.904. The second kappa shape index (κ2) is 7.27. The normalized spacial score (nSPS) is 10.8. The van der Waals surface area contributed by atoms with Gasteiger partial charge >= 0.3 is 0 Å². The Balaban J connectivity index is 1.48. The first kappa shape index (κ1) is 16.1. The van der Waals surface area contributed by atoms with E-state index in [1.165, 1.54) is 10.8 Å². The molecule has 128 valence electrons. The Bertz CT molecular complexity index is 1040. The van der Waals surface area contributed by atoms with Gasteiger partial charge in [0.25, 0.3) is 0 Å². The van der Waals surface area contributed by atoms with Crippen molar-refractivity contribution in [1.29, 1.82) is 0 Å². The number of nitrogens with one attached hydrogen (secondary N) is 1. The van der Waals surface area contributed by atoms with E-state index in [1.54, 1.807) is 6.20 Å². The SMILES string of the molecule is Cc1cccc(CCNc2nncc(-c3ccc4ccccc4c3)n2)n1. The minimum Gasteiger partial charge on any atom is -0.353 e. The van der Waals surface area contributed by atoms with Gasteiger partial charge in [-0.05, 0) is 35.9 Å². The van der Waals surface area contributed by atoms with Crippen molar-refractivity contribution in [2.45, 2.75) is 13.3 Å². The molecule has 5 nitrogen and oxygen atoms in total. The number of hydrogen-bond acceptors (Lipinski definition) is 5. The molecule has 0 aliphatic carbocycles. The van der Waals surface area contributed by atoms with Gasteiger partial charge in [0.15, 0.2) is 0 Å². The quantitative estimate of drug-likeness (QED) is 0.593.